The van der Waals surface area contributed by atoms with Gasteiger partial charge < -0.3 is 20.4 Å². The van der Waals surface area contributed by atoms with Crippen LogP contribution in [-0.4, -0.2) is 62.0 Å². The maximum Gasteiger partial charge on any atom is 0.242 e. The minimum absolute atomic E-state index is 0.0153. The second kappa shape index (κ2) is 8.54. The molecular formula is C18H25ClN4O2. The van der Waals surface area contributed by atoms with Gasteiger partial charge in [-0.2, -0.15) is 0 Å². The number of nitrogens with one attached hydrogen (secondary N) is 2. The molecule has 1 aromatic carbocycles. The van der Waals surface area contributed by atoms with E-state index in [2.05, 4.69) is 15.5 Å². The highest BCUT2D eigenvalue weighted by molar-refractivity contribution is 6.30. The first-order chi connectivity index (χ1) is 12.1. The van der Waals surface area contributed by atoms with E-state index in [0.717, 1.165) is 43.2 Å². The topological polar surface area (TPSA) is 64.7 Å². The number of hydrogen-bond donors (Lipinski definition) is 2. The van der Waals surface area contributed by atoms with Crippen molar-refractivity contribution in [1.82, 2.24) is 15.5 Å². The van der Waals surface area contributed by atoms with Crippen molar-refractivity contribution in [3.63, 3.8) is 0 Å². The molecule has 2 fully saturated rings. The summed E-state index contributed by atoms with van der Waals surface area (Å²) in [7, 11) is 0. The molecular weight excluding hydrogens is 340 g/mol. The van der Waals surface area contributed by atoms with Gasteiger partial charge in [0.25, 0.3) is 0 Å². The van der Waals surface area contributed by atoms with Gasteiger partial charge in [-0.25, -0.2) is 0 Å². The summed E-state index contributed by atoms with van der Waals surface area (Å²) in [6.45, 7) is 3.92. The summed E-state index contributed by atoms with van der Waals surface area (Å²) in [6, 6.07) is 8.02. The Balaban J connectivity index is 1.40. The summed E-state index contributed by atoms with van der Waals surface area (Å²) in [6.07, 6.45) is 2.61. The molecule has 2 aliphatic rings. The molecule has 2 N–H and O–H groups in total. The average molecular weight is 365 g/mol. The summed E-state index contributed by atoms with van der Waals surface area (Å²) < 4.78 is 0. The third-order valence-electron chi connectivity index (χ3n) is 4.84. The van der Waals surface area contributed by atoms with Gasteiger partial charge in [0.05, 0.1) is 6.54 Å². The van der Waals surface area contributed by atoms with E-state index in [-0.39, 0.29) is 24.4 Å². The highest BCUT2D eigenvalue weighted by Gasteiger charge is 2.22. The predicted octanol–water partition coefficient (Wildman–Crippen LogP) is 1.25. The van der Waals surface area contributed by atoms with Crippen LogP contribution in [0, 0.1) is 0 Å². The maximum atomic E-state index is 12.3. The number of carbonyl (C=O) groups is 2. The van der Waals surface area contributed by atoms with Crippen LogP contribution in [0.1, 0.15) is 19.3 Å². The van der Waals surface area contributed by atoms with E-state index in [4.69, 9.17) is 11.6 Å². The molecule has 1 aromatic rings. The lowest BCUT2D eigenvalue weighted by molar-refractivity contribution is -0.133. The van der Waals surface area contributed by atoms with Crippen LogP contribution in [0.4, 0.5) is 5.69 Å². The summed E-state index contributed by atoms with van der Waals surface area (Å²) >= 11 is 6.04. The van der Waals surface area contributed by atoms with Crippen LogP contribution in [0.25, 0.3) is 0 Å². The predicted molar refractivity (Wildman–Crippen MR) is 98.9 cm³/mol. The second-order valence-corrected chi connectivity index (χ2v) is 7.06. The molecule has 0 aromatic heterocycles. The Morgan fingerprint density at radius 1 is 1.24 bits per heavy atom. The molecule has 6 nitrogen and oxygen atoms in total. The Labute approximate surface area is 153 Å². The Hall–Kier alpha value is -1.79. The quantitative estimate of drug-likeness (QED) is 0.825. The molecule has 0 radical (unpaired) electrons. The zero-order chi connectivity index (χ0) is 17.6. The number of anilines is 1. The van der Waals surface area contributed by atoms with Crippen LogP contribution in [0.3, 0.4) is 0 Å². The number of nitrogens with zero attached hydrogens (tertiary/aromatic N) is 2. The van der Waals surface area contributed by atoms with Crippen molar-refractivity contribution in [2.24, 2.45) is 0 Å². The van der Waals surface area contributed by atoms with Gasteiger partial charge in [-0.05, 0) is 37.6 Å². The highest BCUT2D eigenvalue weighted by Crippen LogP contribution is 2.20. The molecule has 1 atom stereocenters. The normalized spacial score (nSPS) is 20.6. The van der Waals surface area contributed by atoms with Crippen molar-refractivity contribution in [3.05, 3.63) is 29.3 Å². The van der Waals surface area contributed by atoms with Crippen LogP contribution in [0.15, 0.2) is 24.3 Å². The number of amides is 2. The first-order valence-electron chi connectivity index (χ1n) is 8.90. The van der Waals surface area contributed by atoms with E-state index in [1.807, 2.05) is 29.2 Å². The number of piperazine rings is 1. The first kappa shape index (κ1) is 18.0. The highest BCUT2D eigenvalue weighted by atomic mass is 35.5. The molecule has 25 heavy (non-hydrogen) atoms. The van der Waals surface area contributed by atoms with Gasteiger partial charge in [0.1, 0.15) is 0 Å². The summed E-state index contributed by atoms with van der Waals surface area (Å²) in [5.74, 6) is -0.0659. The maximum absolute atomic E-state index is 12.3. The molecule has 0 spiro atoms. The van der Waals surface area contributed by atoms with Crippen LogP contribution in [0.5, 0.6) is 0 Å². The second-order valence-electron chi connectivity index (χ2n) is 6.62. The Kier molecular flexibility index (Phi) is 6.15. The van der Waals surface area contributed by atoms with Gasteiger partial charge in [0, 0.05) is 49.4 Å². The fraction of sp³-hybridized carbons (Fsp3) is 0.556. The SMILES string of the molecule is O=C(CC1CCCN1)NCC(=O)N1CCN(c2cccc(Cl)c2)CC1. The van der Waals surface area contributed by atoms with Crippen molar-refractivity contribution < 1.29 is 9.59 Å². The minimum Gasteiger partial charge on any atom is -0.368 e. The van der Waals surface area contributed by atoms with E-state index in [9.17, 15) is 9.59 Å². The van der Waals surface area contributed by atoms with Crippen molar-refractivity contribution in [1.29, 1.82) is 0 Å². The summed E-state index contributed by atoms with van der Waals surface area (Å²) in [5.41, 5.74) is 1.08. The minimum atomic E-state index is -0.0506. The van der Waals surface area contributed by atoms with Gasteiger partial charge in [-0.3, -0.25) is 9.59 Å². The fourth-order valence-electron chi connectivity index (χ4n) is 3.40. The van der Waals surface area contributed by atoms with Gasteiger partial charge in [0.15, 0.2) is 0 Å². The van der Waals surface area contributed by atoms with Gasteiger partial charge >= 0.3 is 0 Å². The molecule has 7 heteroatoms. The molecule has 0 aliphatic carbocycles. The monoisotopic (exact) mass is 364 g/mol. The summed E-state index contributed by atoms with van der Waals surface area (Å²) in [4.78, 5) is 28.2. The average Bonchev–Trinajstić information content (AvgIpc) is 3.13. The summed E-state index contributed by atoms with van der Waals surface area (Å²) in [5, 5.41) is 6.77. The Morgan fingerprint density at radius 3 is 2.72 bits per heavy atom. The lowest BCUT2D eigenvalue weighted by Gasteiger charge is -2.36. The zero-order valence-corrected chi connectivity index (χ0v) is 15.1. The molecule has 2 heterocycles. The Morgan fingerprint density at radius 2 is 2.04 bits per heavy atom. The molecule has 1 unspecified atom stereocenters. The largest absolute Gasteiger partial charge is 0.368 e. The van der Waals surface area contributed by atoms with Gasteiger partial charge in [-0.1, -0.05) is 17.7 Å². The molecule has 2 aliphatic heterocycles. The number of carbonyl (C=O) groups excluding carboxylic acids is 2. The fourth-order valence-corrected chi connectivity index (χ4v) is 3.58. The standard InChI is InChI=1S/C18H25ClN4O2/c19-14-3-1-5-16(11-14)22-7-9-23(10-8-22)18(25)13-21-17(24)12-15-4-2-6-20-15/h1,3,5,11,15,20H,2,4,6-10,12-13H2,(H,21,24). The van der Waals surface area contributed by atoms with Crippen LogP contribution >= 0.6 is 11.6 Å². The van der Waals surface area contributed by atoms with Crippen molar-refractivity contribution in [2.45, 2.75) is 25.3 Å². The molecule has 136 valence electrons. The van der Waals surface area contributed by atoms with Crippen molar-refractivity contribution in [2.75, 3.05) is 44.2 Å². The van der Waals surface area contributed by atoms with Crippen molar-refractivity contribution >= 4 is 29.1 Å². The van der Waals surface area contributed by atoms with Gasteiger partial charge in [0.2, 0.25) is 11.8 Å². The number of halogens is 1. The van der Waals surface area contributed by atoms with Crippen molar-refractivity contribution in [3.8, 4) is 0 Å². The number of rotatable bonds is 5. The van der Waals surface area contributed by atoms with E-state index in [1.165, 1.54) is 0 Å². The van der Waals surface area contributed by atoms with E-state index >= 15 is 0 Å². The molecule has 2 saturated heterocycles. The molecule has 2 amide bonds. The Bertz CT molecular complexity index is 611. The van der Waals surface area contributed by atoms with E-state index in [0.29, 0.717) is 19.5 Å². The zero-order valence-electron chi connectivity index (χ0n) is 14.3. The lowest BCUT2D eigenvalue weighted by Crippen LogP contribution is -2.51. The molecule has 3 rings (SSSR count). The van der Waals surface area contributed by atoms with E-state index < -0.39 is 0 Å². The van der Waals surface area contributed by atoms with Crippen LogP contribution in [0.2, 0.25) is 5.02 Å². The number of hydrogen-bond acceptors (Lipinski definition) is 4. The van der Waals surface area contributed by atoms with Gasteiger partial charge in [-0.15, -0.1) is 0 Å². The first-order valence-corrected chi connectivity index (χ1v) is 9.28. The third-order valence-corrected chi connectivity index (χ3v) is 5.07. The third kappa shape index (κ3) is 5.09. The van der Waals surface area contributed by atoms with Crippen LogP contribution in [-0.2, 0) is 9.59 Å². The smallest absolute Gasteiger partial charge is 0.242 e. The molecule has 0 saturated carbocycles. The lowest BCUT2D eigenvalue weighted by atomic mass is 10.1. The van der Waals surface area contributed by atoms with E-state index in [1.54, 1.807) is 0 Å². The molecule has 0 bridgehead atoms. The van der Waals surface area contributed by atoms with Crippen LogP contribution < -0.4 is 15.5 Å². The number of benzene rings is 1.